The SMILES string of the molecule is CCOc1cccc(CNc2ccc(C(=O)OC)cc2C(=O)Nc2ccc(C(=N)NC(=O)OC(C)(C)C)cc2)c1OCC(=O)OC(C)(C)C. The van der Waals surface area contributed by atoms with Crippen LogP contribution in [0.2, 0.25) is 0 Å². The first-order valence-electron chi connectivity index (χ1n) is 15.6. The molecule has 2 amide bonds. The Morgan fingerprint density at radius 3 is 2.08 bits per heavy atom. The molecule has 3 rings (SSSR count). The van der Waals surface area contributed by atoms with Crippen molar-refractivity contribution in [3.8, 4) is 11.5 Å². The van der Waals surface area contributed by atoms with Crippen LogP contribution in [0, 0.1) is 5.41 Å². The summed E-state index contributed by atoms with van der Waals surface area (Å²) in [6, 6.07) is 16.1. The number of carbonyl (C=O) groups is 4. The van der Waals surface area contributed by atoms with Crippen molar-refractivity contribution in [2.24, 2.45) is 0 Å². The number of benzene rings is 3. The molecule has 0 atom stereocenters. The number of esters is 2. The van der Waals surface area contributed by atoms with Crippen LogP contribution in [0.25, 0.3) is 0 Å². The van der Waals surface area contributed by atoms with Gasteiger partial charge in [-0.1, -0.05) is 12.1 Å². The van der Waals surface area contributed by atoms with Gasteiger partial charge < -0.3 is 34.3 Å². The van der Waals surface area contributed by atoms with Crippen LogP contribution in [-0.2, 0) is 25.5 Å². The van der Waals surface area contributed by atoms with E-state index < -0.39 is 35.1 Å². The van der Waals surface area contributed by atoms with Gasteiger partial charge in [0.25, 0.3) is 5.91 Å². The predicted octanol–water partition coefficient (Wildman–Crippen LogP) is 6.31. The monoisotopic (exact) mass is 676 g/mol. The highest BCUT2D eigenvalue weighted by Crippen LogP contribution is 2.33. The molecule has 0 spiro atoms. The number of methoxy groups -OCH3 is 1. The fraction of sp³-hybridized carbons (Fsp3) is 0.361. The number of ether oxygens (including phenoxy) is 5. The Kier molecular flexibility index (Phi) is 12.7. The third kappa shape index (κ3) is 11.9. The van der Waals surface area contributed by atoms with Gasteiger partial charge in [0.2, 0.25) is 0 Å². The highest BCUT2D eigenvalue weighted by molar-refractivity contribution is 6.10. The zero-order chi connectivity index (χ0) is 36.4. The molecule has 3 aromatic carbocycles. The van der Waals surface area contributed by atoms with Crippen LogP contribution in [-0.4, -0.2) is 61.3 Å². The van der Waals surface area contributed by atoms with Gasteiger partial charge in [-0.3, -0.25) is 15.5 Å². The first-order chi connectivity index (χ1) is 23.0. The van der Waals surface area contributed by atoms with Crippen molar-refractivity contribution in [1.29, 1.82) is 5.41 Å². The summed E-state index contributed by atoms with van der Waals surface area (Å²) in [5, 5.41) is 16.6. The number of carbonyl (C=O) groups excluding carboxylic acids is 4. The molecule has 0 fully saturated rings. The van der Waals surface area contributed by atoms with Gasteiger partial charge in [-0.25, -0.2) is 14.4 Å². The van der Waals surface area contributed by atoms with Gasteiger partial charge in [0.05, 0.1) is 24.8 Å². The average Bonchev–Trinajstić information content (AvgIpc) is 3.01. The second-order valence-corrected chi connectivity index (χ2v) is 12.7. The minimum Gasteiger partial charge on any atom is -0.490 e. The van der Waals surface area contributed by atoms with Crippen molar-refractivity contribution >= 4 is 41.1 Å². The number of nitrogens with one attached hydrogen (secondary N) is 4. The van der Waals surface area contributed by atoms with Crippen LogP contribution < -0.4 is 25.4 Å². The lowest BCUT2D eigenvalue weighted by Gasteiger charge is -2.21. The van der Waals surface area contributed by atoms with Gasteiger partial charge in [-0.15, -0.1) is 0 Å². The van der Waals surface area contributed by atoms with E-state index in [1.54, 1.807) is 90.1 Å². The molecule has 0 radical (unpaired) electrons. The van der Waals surface area contributed by atoms with Crippen LogP contribution in [0.15, 0.2) is 60.7 Å². The van der Waals surface area contributed by atoms with E-state index in [0.717, 1.165) is 0 Å². The van der Waals surface area contributed by atoms with Crippen LogP contribution in [0.4, 0.5) is 16.2 Å². The molecule has 13 heteroatoms. The second kappa shape index (κ2) is 16.5. The molecule has 0 aliphatic rings. The average molecular weight is 677 g/mol. The number of para-hydroxylation sites is 1. The van der Waals surface area contributed by atoms with Gasteiger partial charge in [0, 0.05) is 29.0 Å². The fourth-order valence-corrected chi connectivity index (χ4v) is 4.35. The summed E-state index contributed by atoms with van der Waals surface area (Å²) in [6.45, 7) is 12.5. The van der Waals surface area contributed by atoms with Crippen molar-refractivity contribution in [3.63, 3.8) is 0 Å². The predicted molar refractivity (Wildman–Crippen MR) is 185 cm³/mol. The summed E-state index contributed by atoms with van der Waals surface area (Å²) in [4.78, 5) is 50.4. The van der Waals surface area contributed by atoms with E-state index in [-0.39, 0.29) is 30.1 Å². The number of amides is 2. The molecule has 0 bridgehead atoms. The Bertz CT molecular complexity index is 1670. The lowest BCUT2D eigenvalue weighted by atomic mass is 10.1. The summed E-state index contributed by atoms with van der Waals surface area (Å²) in [6.07, 6.45) is -0.758. The molecule has 0 aromatic heterocycles. The summed E-state index contributed by atoms with van der Waals surface area (Å²) < 4.78 is 27.1. The summed E-state index contributed by atoms with van der Waals surface area (Å²) in [5.74, 6) is -1.10. The van der Waals surface area contributed by atoms with Gasteiger partial charge in [-0.05, 0) is 97.0 Å². The second-order valence-electron chi connectivity index (χ2n) is 12.7. The first-order valence-corrected chi connectivity index (χ1v) is 15.6. The molecule has 0 unspecified atom stereocenters. The largest absolute Gasteiger partial charge is 0.490 e. The molecule has 262 valence electrons. The summed E-state index contributed by atoms with van der Waals surface area (Å²) in [7, 11) is 1.25. The molecule has 0 saturated carbocycles. The van der Waals surface area contributed by atoms with Crippen molar-refractivity contribution in [1.82, 2.24) is 5.32 Å². The van der Waals surface area contributed by atoms with Crippen molar-refractivity contribution in [3.05, 3.63) is 82.9 Å². The lowest BCUT2D eigenvalue weighted by Crippen LogP contribution is -2.36. The smallest absolute Gasteiger partial charge is 0.413 e. The van der Waals surface area contributed by atoms with Crippen LogP contribution in [0.5, 0.6) is 11.5 Å². The molecule has 0 heterocycles. The van der Waals surface area contributed by atoms with E-state index in [9.17, 15) is 19.2 Å². The zero-order valence-corrected chi connectivity index (χ0v) is 29.1. The molecular formula is C36H44N4O9. The van der Waals surface area contributed by atoms with Gasteiger partial charge in [-0.2, -0.15) is 0 Å². The summed E-state index contributed by atoms with van der Waals surface area (Å²) >= 11 is 0. The highest BCUT2D eigenvalue weighted by Gasteiger charge is 2.21. The van der Waals surface area contributed by atoms with Gasteiger partial charge >= 0.3 is 18.0 Å². The van der Waals surface area contributed by atoms with E-state index in [2.05, 4.69) is 16.0 Å². The maximum absolute atomic E-state index is 13.6. The summed E-state index contributed by atoms with van der Waals surface area (Å²) in [5.41, 5.74) is 0.720. The molecule has 4 N–H and O–H groups in total. The van der Waals surface area contributed by atoms with Gasteiger partial charge in [0.1, 0.15) is 17.0 Å². The highest BCUT2D eigenvalue weighted by atomic mass is 16.6. The molecule has 13 nitrogen and oxygen atoms in total. The molecule has 3 aromatic rings. The van der Waals surface area contributed by atoms with Crippen LogP contribution in [0.1, 0.15) is 80.3 Å². The number of hydrogen-bond donors (Lipinski definition) is 4. The Balaban J connectivity index is 1.83. The molecule has 49 heavy (non-hydrogen) atoms. The Labute approximate surface area is 286 Å². The zero-order valence-electron chi connectivity index (χ0n) is 29.1. The standard InChI is InChI=1S/C36H44N4O9/c1-9-46-28-12-10-11-24(30(28)47-21-29(41)48-35(2,3)4)20-38-27-18-15-23(33(43)45-8)19-26(27)32(42)39-25-16-13-22(14-17-25)31(37)40-34(44)49-36(5,6)7/h10-19,38H,9,20-21H2,1-8H3,(H,39,42)(H2,37,40,44). The van der Waals surface area contributed by atoms with Crippen molar-refractivity contribution < 1.29 is 42.9 Å². The number of anilines is 2. The van der Waals surface area contributed by atoms with E-state index in [0.29, 0.717) is 40.6 Å². The molecule has 0 aliphatic heterocycles. The quantitative estimate of drug-likeness (QED) is 0.0737. The van der Waals surface area contributed by atoms with Crippen LogP contribution in [0.3, 0.4) is 0 Å². The fourth-order valence-electron chi connectivity index (χ4n) is 4.35. The third-order valence-electron chi connectivity index (χ3n) is 6.33. The lowest BCUT2D eigenvalue weighted by molar-refractivity contribution is -0.157. The van der Waals surface area contributed by atoms with E-state index in [1.165, 1.54) is 19.2 Å². The van der Waals surface area contributed by atoms with E-state index in [1.807, 2.05) is 6.92 Å². The Morgan fingerprint density at radius 1 is 0.816 bits per heavy atom. The maximum atomic E-state index is 13.6. The van der Waals surface area contributed by atoms with E-state index in [4.69, 9.17) is 29.1 Å². The van der Waals surface area contributed by atoms with Gasteiger partial charge in [0.15, 0.2) is 18.1 Å². The number of rotatable bonds is 12. The first kappa shape index (κ1) is 37.9. The van der Waals surface area contributed by atoms with Crippen molar-refractivity contribution in [2.75, 3.05) is 31.0 Å². The van der Waals surface area contributed by atoms with Crippen LogP contribution >= 0.6 is 0 Å². The maximum Gasteiger partial charge on any atom is 0.413 e. The molecule has 0 saturated heterocycles. The topological polar surface area (TPSA) is 174 Å². The molecular weight excluding hydrogens is 632 g/mol. The minimum absolute atomic E-state index is 0.142. The molecule has 0 aliphatic carbocycles. The van der Waals surface area contributed by atoms with E-state index >= 15 is 0 Å². The minimum atomic E-state index is -0.758. The number of amidine groups is 1. The Morgan fingerprint density at radius 2 is 1.47 bits per heavy atom. The number of alkyl carbamates (subject to hydrolysis) is 1. The third-order valence-corrected chi connectivity index (χ3v) is 6.33. The van der Waals surface area contributed by atoms with Crippen molar-refractivity contribution in [2.45, 2.75) is 66.2 Å². The Hall–Kier alpha value is -5.59. The number of hydrogen-bond acceptors (Lipinski definition) is 11. The normalized spacial score (nSPS) is 11.1.